The van der Waals surface area contributed by atoms with Crippen molar-refractivity contribution in [3.05, 3.63) is 58.8 Å². The SMILES string of the molecule is CCOc1ccccc1/C=C1\Oc2cc(OCC(C)=O)cc(C)c2C1=O. The minimum atomic E-state index is -0.179. The van der Waals surface area contributed by atoms with Gasteiger partial charge in [-0.3, -0.25) is 9.59 Å². The van der Waals surface area contributed by atoms with Gasteiger partial charge in [-0.05, 0) is 44.5 Å². The average molecular weight is 352 g/mol. The number of Topliss-reactive ketones (excluding diaryl/α,β-unsaturated/α-hetero) is 2. The minimum absolute atomic E-state index is 0.0173. The second-order valence-corrected chi connectivity index (χ2v) is 6.01. The van der Waals surface area contributed by atoms with Gasteiger partial charge in [0, 0.05) is 11.6 Å². The molecule has 2 aromatic carbocycles. The fraction of sp³-hybridized carbons (Fsp3) is 0.238. The summed E-state index contributed by atoms with van der Waals surface area (Å²) in [6.45, 7) is 5.69. The van der Waals surface area contributed by atoms with E-state index >= 15 is 0 Å². The maximum atomic E-state index is 12.7. The Morgan fingerprint density at radius 2 is 1.96 bits per heavy atom. The summed E-state index contributed by atoms with van der Waals surface area (Å²) in [4.78, 5) is 23.8. The van der Waals surface area contributed by atoms with Crippen molar-refractivity contribution >= 4 is 17.6 Å². The van der Waals surface area contributed by atoms with E-state index in [1.54, 1.807) is 18.2 Å². The Balaban J connectivity index is 1.92. The molecule has 2 aromatic rings. The van der Waals surface area contributed by atoms with E-state index in [9.17, 15) is 9.59 Å². The van der Waals surface area contributed by atoms with Crippen LogP contribution < -0.4 is 14.2 Å². The minimum Gasteiger partial charge on any atom is -0.493 e. The average Bonchev–Trinajstić information content (AvgIpc) is 2.91. The fourth-order valence-corrected chi connectivity index (χ4v) is 2.77. The zero-order chi connectivity index (χ0) is 18.7. The summed E-state index contributed by atoms with van der Waals surface area (Å²) >= 11 is 0. The van der Waals surface area contributed by atoms with Gasteiger partial charge >= 0.3 is 0 Å². The molecule has 0 saturated carbocycles. The Bertz CT molecular complexity index is 895. The molecule has 1 aliphatic rings. The molecule has 0 unspecified atom stereocenters. The molecule has 0 aliphatic carbocycles. The molecule has 0 saturated heterocycles. The number of ketones is 2. The lowest BCUT2D eigenvalue weighted by atomic mass is 10.0. The molecule has 1 aliphatic heterocycles. The highest BCUT2D eigenvalue weighted by atomic mass is 16.5. The Morgan fingerprint density at radius 1 is 1.19 bits per heavy atom. The number of carbonyl (C=O) groups excluding carboxylic acids is 2. The van der Waals surface area contributed by atoms with Crippen LogP contribution in [-0.2, 0) is 4.79 Å². The number of ether oxygens (including phenoxy) is 3. The predicted octanol–water partition coefficient (Wildman–Crippen LogP) is 3.98. The first-order chi connectivity index (χ1) is 12.5. The quantitative estimate of drug-likeness (QED) is 0.736. The van der Waals surface area contributed by atoms with Crippen molar-refractivity contribution in [2.75, 3.05) is 13.2 Å². The first-order valence-electron chi connectivity index (χ1n) is 8.42. The van der Waals surface area contributed by atoms with Crippen LogP contribution in [0.15, 0.2) is 42.2 Å². The molecule has 0 bridgehead atoms. The number of allylic oxidation sites excluding steroid dienone is 1. The molecule has 3 rings (SSSR count). The third-order valence-corrected chi connectivity index (χ3v) is 3.89. The molecule has 5 nitrogen and oxygen atoms in total. The molecule has 0 radical (unpaired) electrons. The molecule has 0 amide bonds. The smallest absolute Gasteiger partial charge is 0.232 e. The molecule has 26 heavy (non-hydrogen) atoms. The maximum Gasteiger partial charge on any atom is 0.232 e. The third-order valence-electron chi connectivity index (χ3n) is 3.89. The first kappa shape index (κ1) is 17.7. The normalized spacial score (nSPS) is 14.1. The van der Waals surface area contributed by atoms with Crippen LogP contribution in [0.4, 0.5) is 0 Å². The fourth-order valence-electron chi connectivity index (χ4n) is 2.77. The number of rotatable bonds is 6. The highest BCUT2D eigenvalue weighted by molar-refractivity contribution is 6.15. The highest BCUT2D eigenvalue weighted by Gasteiger charge is 2.30. The van der Waals surface area contributed by atoms with Gasteiger partial charge < -0.3 is 14.2 Å². The van der Waals surface area contributed by atoms with Crippen molar-refractivity contribution < 1.29 is 23.8 Å². The number of hydrogen-bond acceptors (Lipinski definition) is 5. The number of para-hydroxylation sites is 1. The molecular weight excluding hydrogens is 332 g/mol. The van der Waals surface area contributed by atoms with Crippen LogP contribution in [0.2, 0.25) is 0 Å². The number of benzene rings is 2. The molecule has 5 heteroatoms. The van der Waals surface area contributed by atoms with Gasteiger partial charge in [-0.15, -0.1) is 0 Å². The predicted molar refractivity (Wildman–Crippen MR) is 97.9 cm³/mol. The molecule has 0 fully saturated rings. The number of carbonyl (C=O) groups is 2. The van der Waals surface area contributed by atoms with Crippen molar-refractivity contribution in [2.45, 2.75) is 20.8 Å². The third kappa shape index (κ3) is 3.61. The van der Waals surface area contributed by atoms with Crippen LogP contribution >= 0.6 is 0 Å². The summed E-state index contributed by atoms with van der Waals surface area (Å²) in [7, 11) is 0. The van der Waals surface area contributed by atoms with E-state index in [-0.39, 0.29) is 23.9 Å². The van der Waals surface area contributed by atoms with Crippen LogP contribution in [-0.4, -0.2) is 24.8 Å². The van der Waals surface area contributed by atoms with Gasteiger partial charge in [-0.2, -0.15) is 0 Å². The second-order valence-electron chi connectivity index (χ2n) is 6.01. The van der Waals surface area contributed by atoms with E-state index in [0.29, 0.717) is 29.4 Å². The van der Waals surface area contributed by atoms with Crippen molar-refractivity contribution in [1.82, 2.24) is 0 Å². The molecule has 0 atom stereocenters. The van der Waals surface area contributed by atoms with E-state index in [4.69, 9.17) is 14.2 Å². The van der Waals surface area contributed by atoms with Crippen LogP contribution in [0, 0.1) is 6.92 Å². The van der Waals surface area contributed by atoms with Crippen LogP contribution in [0.1, 0.15) is 35.3 Å². The number of hydrogen-bond donors (Lipinski definition) is 0. The van der Waals surface area contributed by atoms with Gasteiger partial charge in [0.1, 0.15) is 23.9 Å². The molecule has 134 valence electrons. The lowest BCUT2D eigenvalue weighted by Crippen LogP contribution is -2.07. The zero-order valence-electron chi connectivity index (χ0n) is 15.0. The Morgan fingerprint density at radius 3 is 2.69 bits per heavy atom. The summed E-state index contributed by atoms with van der Waals surface area (Å²) < 4.78 is 16.8. The number of aryl methyl sites for hydroxylation is 1. The van der Waals surface area contributed by atoms with Crippen molar-refractivity contribution in [1.29, 1.82) is 0 Å². The largest absolute Gasteiger partial charge is 0.493 e. The van der Waals surface area contributed by atoms with Gasteiger partial charge in [-0.25, -0.2) is 0 Å². The lowest BCUT2D eigenvalue weighted by molar-refractivity contribution is -0.118. The topological polar surface area (TPSA) is 61.8 Å². The van der Waals surface area contributed by atoms with E-state index < -0.39 is 0 Å². The van der Waals surface area contributed by atoms with Crippen LogP contribution in [0.25, 0.3) is 6.08 Å². The maximum absolute atomic E-state index is 12.7. The summed E-state index contributed by atoms with van der Waals surface area (Å²) in [5, 5.41) is 0. The van der Waals surface area contributed by atoms with E-state index in [2.05, 4.69) is 0 Å². The van der Waals surface area contributed by atoms with E-state index in [0.717, 1.165) is 11.1 Å². The monoisotopic (exact) mass is 352 g/mol. The van der Waals surface area contributed by atoms with Crippen molar-refractivity contribution in [3.8, 4) is 17.2 Å². The molecule has 1 heterocycles. The Labute approximate surface area is 152 Å². The summed E-state index contributed by atoms with van der Waals surface area (Å²) in [5.41, 5.74) is 2.03. The van der Waals surface area contributed by atoms with Gasteiger partial charge in [0.15, 0.2) is 11.5 Å². The summed E-state index contributed by atoms with van der Waals surface area (Å²) in [6.07, 6.45) is 1.68. The first-order valence-corrected chi connectivity index (χ1v) is 8.42. The van der Waals surface area contributed by atoms with E-state index in [1.807, 2.05) is 38.1 Å². The highest BCUT2D eigenvalue weighted by Crippen LogP contribution is 2.38. The zero-order valence-corrected chi connectivity index (χ0v) is 15.0. The summed E-state index contributed by atoms with van der Waals surface area (Å²) in [6, 6.07) is 10.8. The van der Waals surface area contributed by atoms with Crippen molar-refractivity contribution in [2.24, 2.45) is 0 Å². The van der Waals surface area contributed by atoms with Crippen LogP contribution in [0.3, 0.4) is 0 Å². The second kappa shape index (κ2) is 7.44. The van der Waals surface area contributed by atoms with Gasteiger partial charge in [0.2, 0.25) is 5.78 Å². The number of fused-ring (bicyclic) bond motifs is 1. The standard InChI is InChI=1S/C21H20O5/c1-4-24-17-8-6-5-7-15(17)10-19-21(23)20-13(2)9-16(11-18(20)26-19)25-12-14(3)22/h5-11H,4,12H2,1-3H3/b19-10-. The molecular formula is C21H20O5. The van der Waals surface area contributed by atoms with Crippen LogP contribution in [0.5, 0.6) is 17.2 Å². The lowest BCUT2D eigenvalue weighted by Gasteiger charge is -2.08. The Hall–Kier alpha value is -3.08. The summed E-state index contributed by atoms with van der Waals surface area (Å²) in [5.74, 6) is 1.61. The molecule has 0 aromatic heterocycles. The molecule has 0 spiro atoms. The van der Waals surface area contributed by atoms with Gasteiger partial charge in [-0.1, -0.05) is 18.2 Å². The Kier molecular flexibility index (Phi) is 5.07. The van der Waals surface area contributed by atoms with Gasteiger partial charge in [0.25, 0.3) is 0 Å². The van der Waals surface area contributed by atoms with E-state index in [1.165, 1.54) is 6.92 Å². The molecule has 0 N–H and O–H groups in total. The van der Waals surface area contributed by atoms with Gasteiger partial charge in [0.05, 0.1) is 12.2 Å². The van der Waals surface area contributed by atoms with Crippen molar-refractivity contribution in [3.63, 3.8) is 0 Å².